The second kappa shape index (κ2) is 6.71. The Kier molecular flexibility index (Phi) is 4.97. The first kappa shape index (κ1) is 14.1. The van der Waals surface area contributed by atoms with Gasteiger partial charge in [0.2, 0.25) is 5.91 Å². The molecular formula is C16H23NO2. The van der Waals surface area contributed by atoms with Crippen molar-refractivity contribution in [2.75, 3.05) is 19.7 Å². The van der Waals surface area contributed by atoms with E-state index in [4.69, 9.17) is 0 Å². The normalized spacial score (nSPS) is 20.5. The highest BCUT2D eigenvalue weighted by molar-refractivity contribution is 5.84. The van der Waals surface area contributed by atoms with Crippen molar-refractivity contribution in [3.63, 3.8) is 0 Å². The van der Waals surface area contributed by atoms with Crippen LogP contribution in [0.4, 0.5) is 0 Å². The largest absolute Gasteiger partial charge is 0.396 e. The number of hydrogen-bond acceptors (Lipinski definition) is 2. The number of aliphatic hydroxyl groups excluding tert-OH is 1. The van der Waals surface area contributed by atoms with Crippen molar-refractivity contribution >= 4 is 5.91 Å². The number of hydrogen-bond donors (Lipinski definition) is 1. The fraction of sp³-hybridized carbons (Fsp3) is 0.562. The molecule has 1 aliphatic heterocycles. The minimum absolute atomic E-state index is 0.0244. The van der Waals surface area contributed by atoms with Gasteiger partial charge < -0.3 is 10.0 Å². The summed E-state index contributed by atoms with van der Waals surface area (Å²) in [4.78, 5) is 14.6. The Bertz CT molecular complexity index is 404. The Morgan fingerprint density at radius 1 is 1.42 bits per heavy atom. The van der Waals surface area contributed by atoms with Crippen LogP contribution in [0.2, 0.25) is 0 Å². The standard InChI is InChI=1S/C16H23NO2/c1-2-6-15(14-7-4-3-5-8-14)16(19)17-10-9-13(11-17)12-18/h3-5,7-8,13,15,18H,2,6,9-12H2,1H3. The van der Waals surface area contributed by atoms with Crippen molar-refractivity contribution < 1.29 is 9.90 Å². The van der Waals surface area contributed by atoms with E-state index < -0.39 is 0 Å². The van der Waals surface area contributed by atoms with Crippen LogP contribution in [-0.2, 0) is 4.79 Å². The fourth-order valence-electron chi connectivity index (χ4n) is 2.81. The second-order valence-electron chi connectivity index (χ2n) is 5.37. The molecule has 1 N–H and O–H groups in total. The van der Waals surface area contributed by atoms with E-state index in [2.05, 4.69) is 6.92 Å². The van der Waals surface area contributed by atoms with Gasteiger partial charge in [0.15, 0.2) is 0 Å². The van der Waals surface area contributed by atoms with Crippen LogP contribution in [-0.4, -0.2) is 35.6 Å². The molecule has 0 radical (unpaired) electrons. The number of nitrogens with zero attached hydrogens (tertiary/aromatic N) is 1. The van der Waals surface area contributed by atoms with Crippen molar-refractivity contribution in [3.05, 3.63) is 35.9 Å². The summed E-state index contributed by atoms with van der Waals surface area (Å²) in [6, 6.07) is 10.0. The van der Waals surface area contributed by atoms with E-state index in [-0.39, 0.29) is 24.3 Å². The quantitative estimate of drug-likeness (QED) is 0.884. The highest BCUT2D eigenvalue weighted by Crippen LogP contribution is 2.26. The Morgan fingerprint density at radius 3 is 2.74 bits per heavy atom. The summed E-state index contributed by atoms with van der Waals surface area (Å²) in [7, 11) is 0. The molecule has 1 saturated heterocycles. The third-order valence-electron chi connectivity index (χ3n) is 3.93. The molecule has 19 heavy (non-hydrogen) atoms. The molecule has 2 atom stereocenters. The monoisotopic (exact) mass is 261 g/mol. The van der Waals surface area contributed by atoms with Gasteiger partial charge in [-0.1, -0.05) is 43.7 Å². The zero-order valence-corrected chi connectivity index (χ0v) is 11.6. The maximum Gasteiger partial charge on any atom is 0.230 e. The molecule has 3 nitrogen and oxygen atoms in total. The summed E-state index contributed by atoms with van der Waals surface area (Å²) in [5.74, 6) is 0.467. The first-order valence-electron chi connectivity index (χ1n) is 7.20. The van der Waals surface area contributed by atoms with Gasteiger partial charge in [-0.25, -0.2) is 0 Å². The molecule has 0 spiro atoms. The van der Waals surface area contributed by atoms with Crippen LogP contribution in [0, 0.1) is 5.92 Å². The molecule has 0 aliphatic carbocycles. The lowest BCUT2D eigenvalue weighted by atomic mass is 9.93. The predicted octanol–water partition coefficient (Wildman–Crippen LogP) is 2.41. The van der Waals surface area contributed by atoms with Crippen LogP contribution < -0.4 is 0 Å². The molecule has 104 valence electrons. The summed E-state index contributed by atoms with van der Waals surface area (Å²) in [6.45, 7) is 3.80. The van der Waals surface area contributed by atoms with Gasteiger partial charge in [0, 0.05) is 25.6 Å². The van der Waals surface area contributed by atoms with E-state index in [1.807, 2.05) is 35.2 Å². The second-order valence-corrected chi connectivity index (χ2v) is 5.37. The van der Waals surface area contributed by atoms with Crippen LogP contribution in [0.5, 0.6) is 0 Å². The topological polar surface area (TPSA) is 40.5 Å². The van der Waals surface area contributed by atoms with Crippen LogP contribution in [0.15, 0.2) is 30.3 Å². The lowest BCUT2D eigenvalue weighted by Crippen LogP contribution is -2.33. The minimum Gasteiger partial charge on any atom is -0.396 e. The molecule has 1 aromatic rings. The van der Waals surface area contributed by atoms with Crippen LogP contribution in [0.3, 0.4) is 0 Å². The maximum atomic E-state index is 12.6. The van der Waals surface area contributed by atoms with E-state index >= 15 is 0 Å². The van der Waals surface area contributed by atoms with Gasteiger partial charge in [-0.05, 0) is 18.4 Å². The van der Waals surface area contributed by atoms with Crippen molar-refractivity contribution in [3.8, 4) is 0 Å². The SMILES string of the molecule is CCCC(C(=O)N1CCC(CO)C1)c1ccccc1. The first-order valence-corrected chi connectivity index (χ1v) is 7.20. The Balaban J connectivity index is 2.09. The van der Waals surface area contributed by atoms with E-state index in [0.29, 0.717) is 6.54 Å². The van der Waals surface area contributed by atoms with E-state index in [1.165, 1.54) is 0 Å². The highest BCUT2D eigenvalue weighted by Gasteiger charge is 2.30. The minimum atomic E-state index is -0.0244. The molecule has 1 fully saturated rings. The number of rotatable bonds is 5. The Hall–Kier alpha value is -1.35. The molecule has 1 aromatic carbocycles. The molecule has 1 heterocycles. The van der Waals surface area contributed by atoms with Gasteiger partial charge in [-0.15, -0.1) is 0 Å². The zero-order valence-electron chi connectivity index (χ0n) is 11.6. The smallest absolute Gasteiger partial charge is 0.230 e. The number of carbonyl (C=O) groups is 1. The molecule has 0 saturated carbocycles. The van der Waals surface area contributed by atoms with Gasteiger partial charge >= 0.3 is 0 Å². The maximum absolute atomic E-state index is 12.6. The van der Waals surface area contributed by atoms with Crippen molar-refractivity contribution in [1.29, 1.82) is 0 Å². The van der Waals surface area contributed by atoms with E-state index in [0.717, 1.165) is 31.4 Å². The van der Waals surface area contributed by atoms with Crippen LogP contribution in [0.25, 0.3) is 0 Å². The first-order chi connectivity index (χ1) is 9.26. The molecule has 0 bridgehead atoms. The number of carbonyl (C=O) groups excluding carboxylic acids is 1. The summed E-state index contributed by atoms with van der Waals surface area (Å²) in [5.41, 5.74) is 1.11. The summed E-state index contributed by atoms with van der Waals surface area (Å²) in [5, 5.41) is 9.19. The van der Waals surface area contributed by atoms with Gasteiger partial charge in [0.1, 0.15) is 0 Å². The molecule has 1 amide bonds. The number of amides is 1. The van der Waals surface area contributed by atoms with Crippen molar-refractivity contribution in [1.82, 2.24) is 4.90 Å². The third kappa shape index (κ3) is 3.35. The Labute approximate surface area is 115 Å². The fourth-order valence-corrected chi connectivity index (χ4v) is 2.81. The third-order valence-corrected chi connectivity index (χ3v) is 3.93. The molecular weight excluding hydrogens is 238 g/mol. The predicted molar refractivity (Wildman–Crippen MR) is 75.9 cm³/mol. The molecule has 2 rings (SSSR count). The van der Waals surface area contributed by atoms with Gasteiger partial charge in [-0.2, -0.15) is 0 Å². The van der Waals surface area contributed by atoms with Gasteiger partial charge in [-0.3, -0.25) is 4.79 Å². The lowest BCUT2D eigenvalue weighted by molar-refractivity contribution is -0.132. The van der Waals surface area contributed by atoms with Crippen molar-refractivity contribution in [2.45, 2.75) is 32.1 Å². The van der Waals surface area contributed by atoms with E-state index in [1.54, 1.807) is 0 Å². The van der Waals surface area contributed by atoms with Crippen molar-refractivity contribution in [2.24, 2.45) is 5.92 Å². The lowest BCUT2D eigenvalue weighted by Gasteiger charge is -2.23. The number of likely N-dealkylation sites (tertiary alicyclic amines) is 1. The highest BCUT2D eigenvalue weighted by atomic mass is 16.3. The van der Waals surface area contributed by atoms with Crippen LogP contribution >= 0.6 is 0 Å². The van der Waals surface area contributed by atoms with Crippen LogP contribution in [0.1, 0.15) is 37.7 Å². The zero-order chi connectivity index (χ0) is 13.7. The average molecular weight is 261 g/mol. The van der Waals surface area contributed by atoms with Gasteiger partial charge in [0.05, 0.1) is 5.92 Å². The summed E-state index contributed by atoms with van der Waals surface area (Å²) >= 11 is 0. The molecule has 3 heteroatoms. The molecule has 0 aromatic heterocycles. The number of benzene rings is 1. The van der Waals surface area contributed by atoms with E-state index in [9.17, 15) is 9.90 Å². The summed E-state index contributed by atoms with van der Waals surface area (Å²) < 4.78 is 0. The molecule has 2 unspecified atom stereocenters. The summed E-state index contributed by atoms with van der Waals surface area (Å²) in [6.07, 6.45) is 2.82. The number of aliphatic hydroxyl groups is 1. The Morgan fingerprint density at radius 2 is 2.16 bits per heavy atom. The molecule has 1 aliphatic rings. The van der Waals surface area contributed by atoms with Gasteiger partial charge in [0.25, 0.3) is 0 Å². The average Bonchev–Trinajstić information content (AvgIpc) is 2.94.